The molecule has 5 heteroatoms. The number of nitrogens with zero attached hydrogens (tertiary/aromatic N) is 1. The monoisotopic (exact) mass is 287 g/mol. The van der Waals surface area contributed by atoms with Crippen molar-refractivity contribution in [1.82, 2.24) is 4.90 Å². The summed E-state index contributed by atoms with van der Waals surface area (Å²) >= 11 is 6.04. The van der Waals surface area contributed by atoms with Gasteiger partial charge in [-0.1, -0.05) is 17.7 Å². The lowest BCUT2D eigenvalue weighted by atomic mass is 9.98. The molecular formula is C14H19ClFNO2. The molecule has 0 heterocycles. The summed E-state index contributed by atoms with van der Waals surface area (Å²) in [6.07, 6.45) is 0. The highest BCUT2D eigenvalue weighted by molar-refractivity contribution is 6.31. The van der Waals surface area contributed by atoms with Gasteiger partial charge in [0.2, 0.25) is 0 Å². The van der Waals surface area contributed by atoms with Gasteiger partial charge < -0.3 is 5.11 Å². The van der Waals surface area contributed by atoms with Crippen LogP contribution in [0, 0.1) is 5.82 Å². The van der Waals surface area contributed by atoms with Gasteiger partial charge in [0, 0.05) is 16.6 Å². The molecule has 0 bridgehead atoms. The van der Waals surface area contributed by atoms with Gasteiger partial charge in [0.25, 0.3) is 0 Å². The summed E-state index contributed by atoms with van der Waals surface area (Å²) in [4.78, 5) is 12.8. The van der Waals surface area contributed by atoms with Gasteiger partial charge in [-0.15, -0.1) is 0 Å². The lowest BCUT2D eigenvalue weighted by Crippen LogP contribution is -2.45. The molecule has 0 aromatic heterocycles. The predicted octanol–water partition coefficient (Wildman–Crippen LogP) is 3.73. The largest absolute Gasteiger partial charge is 0.480 e. The summed E-state index contributed by atoms with van der Waals surface area (Å²) in [5.41, 5.74) is 0.384. The molecule has 3 nitrogen and oxygen atoms in total. The van der Waals surface area contributed by atoms with Crippen LogP contribution in [-0.2, 0) is 4.79 Å². The minimum atomic E-state index is -0.903. The van der Waals surface area contributed by atoms with Gasteiger partial charge in [-0.3, -0.25) is 9.69 Å². The van der Waals surface area contributed by atoms with Crippen molar-refractivity contribution in [3.8, 4) is 0 Å². The van der Waals surface area contributed by atoms with Crippen LogP contribution in [0.15, 0.2) is 18.2 Å². The molecule has 0 fully saturated rings. The van der Waals surface area contributed by atoms with Crippen molar-refractivity contribution in [2.75, 3.05) is 6.54 Å². The van der Waals surface area contributed by atoms with Crippen LogP contribution < -0.4 is 0 Å². The fourth-order valence-electron chi connectivity index (χ4n) is 2.11. The van der Waals surface area contributed by atoms with Crippen molar-refractivity contribution < 1.29 is 14.3 Å². The van der Waals surface area contributed by atoms with E-state index in [1.165, 1.54) is 12.1 Å². The minimum Gasteiger partial charge on any atom is -0.480 e. The number of carbonyl (C=O) groups is 1. The first-order valence-electron chi connectivity index (χ1n) is 6.06. The molecule has 0 aliphatic carbocycles. The second-order valence-electron chi connectivity index (χ2n) is 5.53. The second-order valence-corrected chi connectivity index (χ2v) is 5.94. The SMILES string of the molecule is CC(c1ccc(F)cc1Cl)N(CC(=O)O)C(C)(C)C. The van der Waals surface area contributed by atoms with Gasteiger partial charge in [0.1, 0.15) is 5.82 Å². The van der Waals surface area contributed by atoms with Gasteiger partial charge in [0.15, 0.2) is 0 Å². The number of aliphatic carboxylic acids is 1. The Labute approximate surface area is 118 Å². The number of carboxylic acids is 1. The Morgan fingerprint density at radius 1 is 1.47 bits per heavy atom. The van der Waals surface area contributed by atoms with Crippen LogP contribution in [0.3, 0.4) is 0 Å². The predicted molar refractivity (Wildman–Crippen MR) is 73.9 cm³/mol. The Bertz CT molecular complexity index is 471. The van der Waals surface area contributed by atoms with Crippen molar-refractivity contribution in [3.05, 3.63) is 34.6 Å². The van der Waals surface area contributed by atoms with E-state index in [2.05, 4.69) is 0 Å². The highest BCUT2D eigenvalue weighted by Gasteiger charge is 2.30. The maximum Gasteiger partial charge on any atom is 0.317 e. The van der Waals surface area contributed by atoms with E-state index in [1.54, 1.807) is 6.07 Å². The molecule has 106 valence electrons. The van der Waals surface area contributed by atoms with Gasteiger partial charge >= 0.3 is 5.97 Å². The Balaban J connectivity index is 3.11. The number of hydrogen-bond acceptors (Lipinski definition) is 2. The zero-order valence-corrected chi connectivity index (χ0v) is 12.3. The first-order valence-corrected chi connectivity index (χ1v) is 6.44. The Morgan fingerprint density at radius 3 is 2.47 bits per heavy atom. The summed E-state index contributed by atoms with van der Waals surface area (Å²) in [6, 6.07) is 3.96. The average molecular weight is 288 g/mol. The van der Waals surface area contributed by atoms with E-state index in [1.807, 2.05) is 32.6 Å². The van der Waals surface area contributed by atoms with Crippen LogP contribution in [0.5, 0.6) is 0 Å². The van der Waals surface area contributed by atoms with Crippen molar-refractivity contribution in [2.45, 2.75) is 39.3 Å². The van der Waals surface area contributed by atoms with Crippen molar-refractivity contribution >= 4 is 17.6 Å². The number of rotatable bonds is 4. The van der Waals surface area contributed by atoms with E-state index in [9.17, 15) is 9.18 Å². The Hall–Kier alpha value is -1.13. The Kier molecular flexibility index (Phi) is 4.93. The lowest BCUT2D eigenvalue weighted by molar-refractivity contribution is -0.140. The zero-order chi connectivity index (χ0) is 14.8. The smallest absolute Gasteiger partial charge is 0.317 e. The first-order chi connectivity index (χ1) is 8.62. The minimum absolute atomic E-state index is 0.0988. The molecule has 0 aliphatic rings. The lowest BCUT2D eigenvalue weighted by Gasteiger charge is -2.39. The van der Waals surface area contributed by atoms with Crippen LogP contribution >= 0.6 is 11.6 Å². The molecule has 1 N–H and O–H groups in total. The third-order valence-electron chi connectivity index (χ3n) is 3.05. The normalized spacial score (nSPS) is 13.6. The molecule has 0 radical (unpaired) electrons. The summed E-state index contributed by atoms with van der Waals surface area (Å²) in [7, 11) is 0. The van der Waals surface area contributed by atoms with Crippen molar-refractivity contribution in [2.24, 2.45) is 0 Å². The van der Waals surface area contributed by atoms with Crippen LogP contribution in [0.25, 0.3) is 0 Å². The quantitative estimate of drug-likeness (QED) is 0.917. The maximum atomic E-state index is 13.1. The van der Waals surface area contributed by atoms with E-state index in [4.69, 9.17) is 16.7 Å². The van der Waals surface area contributed by atoms with Crippen LogP contribution in [0.4, 0.5) is 4.39 Å². The van der Waals surface area contributed by atoms with E-state index in [0.29, 0.717) is 5.02 Å². The first kappa shape index (κ1) is 15.9. The van der Waals surface area contributed by atoms with Crippen LogP contribution in [0.1, 0.15) is 39.3 Å². The van der Waals surface area contributed by atoms with Gasteiger partial charge in [-0.2, -0.15) is 0 Å². The second kappa shape index (κ2) is 5.88. The molecule has 1 aromatic rings. The molecular weight excluding hydrogens is 269 g/mol. The van der Waals surface area contributed by atoms with E-state index in [-0.39, 0.29) is 18.1 Å². The van der Waals surface area contributed by atoms with E-state index < -0.39 is 11.8 Å². The molecule has 0 amide bonds. The van der Waals surface area contributed by atoms with Crippen molar-refractivity contribution in [3.63, 3.8) is 0 Å². The van der Waals surface area contributed by atoms with Crippen LogP contribution in [0.2, 0.25) is 5.02 Å². The molecule has 0 saturated carbocycles. The molecule has 0 aliphatic heterocycles. The zero-order valence-electron chi connectivity index (χ0n) is 11.6. The Morgan fingerprint density at radius 2 is 2.05 bits per heavy atom. The van der Waals surface area contributed by atoms with Gasteiger partial charge in [-0.05, 0) is 45.4 Å². The highest BCUT2D eigenvalue weighted by atomic mass is 35.5. The molecule has 1 aromatic carbocycles. The molecule has 19 heavy (non-hydrogen) atoms. The average Bonchev–Trinajstić information content (AvgIpc) is 2.23. The fraction of sp³-hybridized carbons (Fsp3) is 0.500. The number of halogens is 2. The van der Waals surface area contributed by atoms with Gasteiger partial charge in [0.05, 0.1) is 6.54 Å². The summed E-state index contributed by atoms with van der Waals surface area (Å²) in [5.74, 6) is -1.30. The topological polar surface area (TPSA) is 40.5 Å². The number of benzene rings is 1. The molecule has 1 rings (SSSR count). The standard InChI is InChI=1S/C14H19ClFNO2/c1-9(11-6-5-10(16)7-12(11)15)17(8-13(18)19)14(2,3)4/h5-7,9H,8H2,1-4H3,(H,18,19). The molecule has 1 atom stereocenters. The summed E-state index contributed by atoms with van der Waals surface area (Å²) < 4.78 is 13.1. The molecule has 0 spiro atoms. The fourth-order valence-corrected chi connectivity index (χ4v) is 2.43. The summed E-state index contributed by atoms with van der Waals surface area (Å²) in [5, 5.41) is 9.33. The third-order valence-corrected chi connectivity index (χ3v) is 3.37. The molecule has 0 saturated heterocycles. The summed E-state index contributed by atoms with van der Waals surface area (Å²) in [6.45, 7) is 7.57. The highest BCUT2D eigenvalue weighted by Crippen LogP contribution is 2.32. The maximum absolute atomic E-state index is 13.1. The van der Waals surface area contributed by atoms with Crippen LogP contribution in [-0.4, -0.2) is 28.1 Å². The molecule has 1 unspecified atom stereocenters. The third kappa shape index (κ3) is 4.18. The van der Waals surface area contributed by atoms with Crippen molar-refractivity contribution in [1.29, 1.82) is 0 Å². The van der Waals surface area contributed by atoms with Gasteiger partial charge in [-0.25, -0.2) is 4.39 Å². The number of hydrogen-bond donors (Lipinski definition) is 1. The van der Waals surface area contributed by atoms with E-state index in [0.717, 1.165) is 5.56 Å². The number of carboxylic acid groups (broad SMARTS) is 1. The van der Waals surface area contributed by atoms with E-state index >= 15 is 0 Å².